The van der Waals surface area contributed by atoms with E-state index in [1.54, 1.807) is 0 Å². The molecule has 2 heterocycles. The van der Waals surface area contributed by atoms with Crippen molar-refractivity contribution in [3.05, 3.63) is 65.0 Å². The molecule has 4 rings (SSSR count). The molecule has 7 nitrogen and oxygen atoms in total. The van der Waals surface area contributed by atoms with Crippen LogP contribution in [-0.2, 0) is 11.2 Å². The van der Waals surface area contributed by atoms with E-state index in [-0.39, 0.29) is 5.91 Å². The van der Waals surface area contributed by atoms with Crippen molar-refractivity contribution < 1.29 is 9.32 Å². The largest absolute Gasteiger partial charge is 0.369 e. The Bertz CT molecular complexity index is 1030. The first-order valence-corrected chi connectivity index (χ1v) is 11.3. The molecule has 1 aliphatic heterocycles. The maximum Gasteiger partial charge on any atom is 0.227 e. The summed E-state index contributed by atoms with van der Waals surface area (Å²) >= 11 is 6.10. The average molecular weight is 454 g/mol. The van der Waals surface area contributed by atoms with Crippen molar-refractivity contribution in [2.75, 3.05) is 44.2 Å². The minimum absolute atomic E-state index is 0.00218. The molecule has 2 aromatic carbocycles. The number of hydrogen-bond acceptors (Lipinski definition) is 6. The van der Waals surface area contributed by atoms with Crippen LogP contribution in [0.5, 0.6) is 0 Å². The lowest BCUT2D eigenvalue weighted by Gasteiger charge is -2.36. The molecule has 0 aliphatic carbocycles. The maximum absolute atomic E-state index is 12.2. The third-order valence-corrected chi connectivity index (χ3v) is 5.87. The van der Waals surface area contributed by atoms with Crippen molar-refractivity contribution in [1.29, 1.82) is 0 Å². The van der Waals surface area contributed by atoms with Gasteiger partial charge in [-0.2, -0.15) is 4.98 Å². The van der Waals surface area contributed by atoms with Crippen LogP contribution in [0, 0.1) is 6.92 Å². The monoisotopic (exact) mass is 453 g/mol. The van der Waals surface area contributed by atoms with Gasteiger partial charge in [-0.1, -0.05) is 52.7 Å². The average Bonchev–Trinajstić information content (AvgIpc) is 3.28. The number of benzene rings is 2. The van der Waals surface area contributed by atoms with Crippen LogP contribution in [0.3, 0.4) is 0 Å². The maximum atomic E-state index is 12.2. The van der Waals surface area contributed by atoms with Gasteiger partial charge in [-0.25, -0.2) is 0 Å². The zero-order chi connectivity index (χ0) is 22.3. The van der Waals surface area contributed by atoms with E-state index in [2.05, 4.69) is 31.3 Å². The molecule has 1 aliphatic rings. The van der Waals surface area contributed by atoms with E-state index < -0.39 is 0 Å². The Morgan fingerprint density at radius 1 is 1.12 bits per heavy atom. The molecule has 1 fully saturated rings. The number of carbonyl (C=O) groups excluding carboxylic acids is 1. The standard InChI is InChI=1S/C24H28ClN5O2/c1-18-5-7-19(8-6-18)24-27-23(32-28-24)10-9-22(31)26-11-12-29-13-15-30(16-14-29)21-4-2-3-20(25)17-21/h2-8,17H,9-16H2,1H3,(H,26,31). The lowest BCUT2D eigenvalue weighted by molar-refractivity contribution is -0.121. The van der Waals surface area contributed by atoms with Crippen molar-refractivity contribution >= 4 is 23.2 Å². The van der Waals surface area contributed by atoms with Crippen molar-refractivity contribution in [3.63, 3.8) is 0 Å². The molecular formula is C24H28ClN5O2. The first kappa shape index (κ1) is 22.3. The highest BCUT2D eigenvalue weighted by Gasteiger charge is 2.17. The third-order valence-electron chi connectivity index (χ3n) is 5.64. The molecule has 0 atom stereocenters. The predicted octanol–water partition coefficient (Wildman–Crippen LogP) is 3.57. The summed E-state index contributed by atoms with van der Waals surface area (Å²) in [5, 5.41) is 7.77. The molecule has 0 saturated carbocycles. The second kappa shape index (κ2) is 10.6. The predicted molar refractivity (Wildman–Crippen MR) is 126 cm³/mol. The quantitative estimate of drug-likeness (QED) is 0.562. The van der Waals surface area contributed by atoms with E-state index in [9.17, 15) is 4.79 Å². The Kier molecular flexibility index (Phi) is 7.39. The molecular weight excluding hydrogens is 426 g/mol. The molecule has 0 spiro atoms. The van der Waals surface area contributed by atoms with E-state index in [1.807, 2.05) is 49.4 Å². The van der Waals surface area contributed by atoms with Gasteiger partial charge in [-0.15, -0.1) is 0 Å². The summed E-state index contributed by atoms with van der Waals surface area (Å²) < 4.78 is 5.29. The fourth-order valence-electron chi connectivity index (χ4n) is 3.74. The first-order valence-electron chi connectivity index (χ1n) is 11.0. The number of rotatable bonds is 8. The lowest BCUT2D eigenvalue weighted by atomic mass is 10.1. The van der Waals surface area contributed by atoms with Crippen LogP contribution in [0.15, 0.2) is 53.1 Å². The number of nitrogens with one attached hydrogen (secondary N) is 1. The van der Waals surface area contributed by atoms with Crippen LogP contribution in [0.4, 0.5) is 5.69 Å². The van der Waals surface area contributed by atoms with Crippen LogP contribution in [0.25, 0.3) is 11.4 Å². The number of halogens is 1. The van der Waals surface area contributed by atoms with Gasteiger partial charge in [0.2, 0.25) is 17.6 Å². The van der Waals surface area contributed by atoms with Crippen LogP contribution >= 0.6 is 11.6 Å². The zero-order valence-electron chi connectivity index (χ0n) is 18.3. The van der Waals surface area contributed by atoms with Gasteiger partial charge in [0.1, 0.15) is 0 Å². The van der Waals surface area contributed by atoms with Crippen LogP contribution in [0.2, 0.25) is 5.02 Å². The SMILES string of the molecule is Cc1ccc(-c2noc(CCC(=O)NCCN3CCN(c4cccc(Cl)c4)CC3)n2)cc1. The van der Waals surface area contributed by atoms with Crippen molar-refractivity contribution in [2.45, 2.75) is 19.8 Å². The summed E-state index contributed by atoms with van der Waals surface area (Å²) in [6, 6.07) is 15.9. The Labute approximate surface area is 193 Å². The van der Waals surface area contributed by atoms with Gasteiger partial charge in [0.25, 0.3) is 0 Å². The zero-order valence-corrected chi connectivity index (χ0v) is 19.0. The molecule has 3 aromatic rings. The van der Waals surface area contributed by atoms with Crippen molar-refractivity contribution in [1.82, 2.24) is 20.4 Å². The number of piperazine rings is 1. The fraction of sp³-hybridized carbons (Fsp3) is 0.375. The second-order valence-electron chi connectivity index (χ2n) is 8.04. The van der Waals surface area contributed by atoms with Gasteiger partial charge in [-0.05, 0) is 25.1 Å². The minimum Gasteiger partial charge on any atom is -0.369 e. The summed E-state index contributed by atoms with van der Waals surface area (Å²) in [4.78, 5) is 21.3. The summed E-state index contributed by atoms with van der Waals surface area (Å²) in [7, 11) is 0. The fourth-order valence-corrected chi connectivity index (χ4v) is 3.93. The molecule has 1 amide bonds. The number of aromatic nitrogens is 2. The van der Waals surface area contributed by atoms with Gasteiger partial charge in [0.05, 0.1) is 0 Å². The van der Waals surface area contributed by atoms with Gasteiger partial charge in [0.15, 0.2) is 0 Å². The lowest BCUT2D eigenvalue weighted by Crippen LogP contribution is -2.48. The van der Waals surface area contributed by atoms with E-state index in [0.717, 1.165) is 49.0 Å². The Morgan fingerprint density at radius 2 is 1.91 bits per heavy atom. The normalized spacial score (nSPS) is 14.5. The molecule has 168 valence electrons. The van der Waals surface area contributed by atoms with Gasteiger partial charge in [-0.3, -0.25) is 9.69 Å². The van der Waals surface area contributed by atoms with Gasteiger partial charge >= 0.3 is 0 Å². The number of carbonyl (C=O) groups is 1. The Hall–Kier alpha value is -2.90. The highest BCUT2D eigenvalue weighted by molar-refractivity contribution is 6.30. The molecule has 1 N–H and O–H groups in total. The van der Waals surface area contributed by atoms with Gasteiger partial charge < -0.3 is 14.7 Å². The number of amides is 1. The van der Waals surface area contributed by atoms with Gasteiger partial charge in [0, 0.05) is 68.4 Å². The first-order chi connectivity index (χ1) is 15.6. The topological polar surface area (TPSA) is 74.5 Å². The summed E-state index contributed by atoms with van der Waals surface area (Å²) in [5.41, 5.74) is 3.25. The Morgan fingerprint density at radius 3 is 2.66 bits per heavy atom. The second-order valence-corrected chi connectivity index (χ2v) is 8.47. The van der Waals surface area contributed by atoms with E-state index in [4.69, 9.17) is 16.1 Å². The molecule has 0 bridgehead atoms. The Balaban J connectivity index is 1.14. The smallest absolute Gasteiger partial charge is 0.227 e. The summed E-state index contributed by atoms with van der Waals surface area (Å²) in [5.74, 6) is 1.03. The van der Waals surface area contributed by atoms with Crippen LogP contribution < -0.4 is 10.2 Å². The van der Waals surface area contributed by atoms with Crippen LogP contribution in [-0.4, -0.2) is 60.2 Å². The number of nitrogens with zero attached hydrogens (tertiary/aromatic N) is 4. The highest BCUT2D eigenvalue weighted by atomic mass is 35.5. The van der Waals surface area contributed by atoms with Crippen molar-refractivity contribution in [2.24, 2.45) is 0 Å². The molecule has 32 heavy (non-hydrogen) atoms. The minimum atomic E-state index is -0.00218. The molecule has 1 aromatic heterocycles. The molecule has 0 radical (unpaired) electrons. The van der Waals surface area contributed by atoms with Crippen LogP contribution in [0.1, 0.15) is 17.9 Å². The molecule has 8 heteroatoms. The number of hydrogen-bond donors (Lipinski definition) is 1. The molecule has 1 saturated heterocycles. The van der Waals surface area contributed by atoms with E-state index in [0.29, 0.717) is 31.1 Å². The van der Waals surface area contributed by atoms with Crippen molar-refractivity contribution in [3.8, 4) is 11.4 Å². The number of anilines is 1. The summed E-state index contributed by atoms with van der Waals surface area (Å²) in [6.07, 6.45) is 0.765. The third kappa shape index (κ3) is 6.08. The summed E-state index contributed by atoms with van der Waals surface area (Å²) in [6.45, 7) is 7.34. The van der Waals surface area contributed by atoms with E-state index in [1.165, 1.54) is 5.56 Å². The highest BCUT2D eigenvalue weighted by Crippen LogP contribution is 2.20. The molecule has 0 unspecified atom stereocenters. The van der Waals surface area contributed by atoms with E-state index >= 15 is 0 Å². The number of aryl methyl sites for hydroxylation is 2.